The molecule has 0 spiro atoms. The van der Waals surface area contributed by atoms with Gasteiger partial charge in [-0.2, -0.15) is 0 Å². The van der Waals surface area contributed by atoms with Gasteiger partial charge >= 0.3 is 17.9 Å². The van der Waals surface area contributed by atoms with Crippen LogP contribution in [0.15, 0.2) is 65.8 Å². The normalized spacial score (nSPS) is 21.6. The van der Waals surface area contributed by atoms with Gasteiger partial charge in [0.2, 0.25) is 12.4 Å². The molecule has 0 aliphatic carbocycles. The maximum atomic E-state index is 12.1. The van der Waals surface area contributed by atoms with Crippen LogP contribution in [0.2, 0.25) is 5.04 Å². The van der Waals surface area contributed by atoms with Crippen LogP contribution in [0, 0.1) is 0 Å². The van der Waals surface area contributed by atoms with E-state index in [2.05, 4.69) is 30.8 Å². The first-order valence-corrected chi connectivity index (χ1v) is 14.8. The number of hydrogen-bond donors (Lipinski definition) is 0. The first-order valence-electron chi connectivity index (χ1n) is 12.9. The summed E-state index contributed by atoms with van der Waals surface area (Å²) in [7, 11) is -3.05. The first-order chi connectivity index (χ1) is 18.9. The van der Waals surface area contributed by atoms with Crippen LogP contribution in [0.5, 0.6) is 0 Å². The molecule has 11 nitrogen and oxygen atoms in total. The zero-order chi connectivity index (χ0) is 29.5. The van der Waals surface area contributed by atoms with Gasteiger partial charge in [-0.25, -0.2) is 0 Å². The molecule has 2 aromatic carbocycles. The van der Waals surface area contributed by atoms with E-state index in [0.29, 0.717) is 0 Å². The van der Waals surface area contributed by atoms with E-state index < -0.39 is 56.9 Å². The second kappa shape index (κ2) is 13.1. The second-order valence-electron chi connectivity index (χ2n) is 10.5. The minimum atomic E-state index is -3.05. The highest BCUT2D eigenvalue weighted by Crippen LogP contribution is 2.38. The molecule has 0 radical (unpaired) electrons. The highest BCUT2D eigenvalue weighted by Gasteiger charge is 2.55. The topological polar surface area (TPSA) is 146 Å². The molecule has 0 aromatic heterocycles. The lowest BCUT2D eigenvalue weighted by atomic mass is 10.0. The summed E-state index contributed by atoms with van der Waals surface area (Å²) in [6, 6.07) is 18.7. The predicted octanol–water partition coefficient (Wildman–Crippen LogP) is 3.39. The third-order valence-corrected chi connectivity index (χ3v) is 11.6. The lowest BCUT2D eigenvalue weighted by Gasteiger charge is -2.43. The number of carbonyl (C=O) groups is 3. The molecule has 214 valence electrons. The molecular formula is C28H35N3O8Si. The lowest BCUT2D eigenvalue weighted by Crippen LogP contribution is -2.67. The number of esters is 3. The fraction of sp³-hybridized carbons (Fsp3) is 0.464. The zero-order valence-corrected chi connectivity index (χ0v) is 24.5. The lowest BCUT2D eigenvalue weighted by molar-refractivity contribution is -0.196. The van der Waals surface area contributed by atoms with Crippen molar-refractivity contribution in [3.8, 4) is 0 Å². The van der Waals surface area contributed by atoms with E-state index in [1.807, 2.05) is 60.7 Å². The van der Waals surface area contributed by atoms with Gasteiger partial charge in [0.15, 0.2) is 6.10 Å². The highest BCUT2D eigenvalue weighted by molar-refractivity contribution is 6.99. The molecule has 1 aliphatic rings. The average Bonchev–Trinajstić information content (AvgIpc) is 3.18. The Morgan fingerprint density at radius 2 is 1.35 bits per heavy atom. The Morgan fingerprint density at radius 3 is 1.77 bits per heavy atom. The standard InChI is InChI=1S/C28H35N3O8Si/c1-18(32)36-25-24(39-27(38-20(3)34)26(25)37-19(2)33)23(30-31-29)17-35-40(28(4,5)6,21-13-9-7-10-14-21)22-15-11-8-12-16-22/h7-16,23-27H,17H2,1-6H3/t23-,24-,25-,26-,27-/m1/s1. The van der Waals surface area contributed by atoms with E-state index in [0.717, 1.165) is 10.4 Å². The Balaban J connectivity index is 2.08. The molecular weight excluding hydrogens is 534 g/mol. The van der Waals surface area contributed by atoms with Crippen molar-refractivity contribution >= 4 is 36.6 Å². The minimum absolute atomic E-state index is 0.126. The van der Waals surface area contributed by atoms with Gasteiger partial charge in [0, 0.05) is 32.3 Å². The van der Waals surface area contributed by atoms with Crippen molar-refractivity contribution in [1.29, 1.82) is 0 Å². The molecule has 0 N–H and O–H groups in total. The van der Waals surface area contributed by atoms with Crippen LogP contribution in [-0.2, 0) is 37.8 Å². The van der Waals surface area contributed by atoms with Crippen molar-refractivity contribution in [2.45, 2.75) is 77.2 Å². The molecule has 1 saturated heterocycles. The fourth-order valence-electron chi connectivity index (χ4n) is 5.09. The molecule has 3 rings (SSSR count). The second-order valence-corrected chi connectivity index (χ2v) is 14.8. The number of azide groups is 1. The van der Waals surface area contributed by atoms with E-state index in [1.165, 1.54) is 20.8 Å². The Morgan fingerprint density at radius 1 is 0.875 bits per heavy atom. The van der Waals surface area contributed by atoms with Crippen molar-refractivity contribution in [3.63, 3.8) is 0 Å². The van der Waals surface area contributed by atoms with Crippen LogP contribution in [0.25, 0.3) is 10.4 Å². The summed E-state index contributed by atoms with van der Waals surface area (Å²) < 4.78 is 28.9. The van der Waals surface area contributed by atoms with E-state index in [4.69, 9.17) is 23.4 Å². The number of carbonyl (C=O) groups excluding carboxylic acids is 3. The van der Waals surface area contributed by atoms with E-state index in [9.17, 15) is 19.9 Å². The maximum Gasteiger partial charge on any atom is 0.305 e. The highest BCUT2D eigenvalue weighted by atomic mass is 28.4. The van der Waals surface area contributed by atoms with Crippen LogP contribution >= 0.6 is 0 Å². The Bertz CT molecular complexity index is 1190. The number of rotatable bonds is 10. The molecule has 40 heavy (non-hydrogen) atoms. The summed E-state index contributed by atoms with van der Waals surface area (Å²) in [6.07, 6.45) is -5.05. The summed E-state index contributed by atoms with van der Waals surface area (Å²) in [5.74, 6) is -2.09. The summed E-state index contributed by atoms with van der Waals surface area (Å²) in [6.45, 7) is 9.69. The van der Waals surface area contributed by atoms with E-state index in [1.54, 1.807) is 0 Å². The zero-order valence-electron chi connectivity index (χ0n) is 23.5. The van der Waals surface area contributed by atoms with Crippen molar-refractivity contribution in [1.82, 2.24) is 0 Å². The van der Waals surface area contributed by atoms with Gasteiger partial charge in [0.25, 0.3) is 8.32 Å². The van der Waals surface area contributed by atoms with Gasteiger partial charge in [-0.1, -0.05) is 86.5 Å². The number of benzene rings is 2. The molecule has 5 atom stereocenters. The van der Waals surface area contributed by atoms with Crippen molar-refractivity contribution in [2.75, 3.05) is 6.61 Å². The van der Waals surface area contributed by atoms with E-state index >= 15 is 0 Å². The van der Waals surface area contributed by atoms with Crippen LogP contribution < -0.4 is 10.4 Å². The smallest absolute Gasteiger partial charge is 0.305 e. The minimum Gasteiger partial charge on any atom is -0.456 e. The van der Waals surface area contributed by atoms with Crippen molar-refractivity contribution in [3.05, 3.63) is 71.1 Å². The Hall–Kier alpha value is -3.70. The van der Waals surface area contributed by atoms with Gasteiger partial charge in [-0.15, -0.1) is 0 Å². The fourth-order valence-corrected chi connectivity index (χ4v) is 9.67. The van der Waals surface area contributed by atoms with Gasteiger partial charge in [0.05, 0.1) is 6.04 Å². The van der Waals surface area contributed by atoms with Crippen LogP contribution in [0.3, 0.4) is 0 Å². The predicted molar refractivity (Wildman–Crippen MR) is 148 cm³/mol. The molecule has 1 fully saturated rings. The van der Waals surface area contributed by atoms with Crippen LogP contribution in [0.1, 0.15) is 41.5 Å². The number of ether oxygens (including phenoxy) is 4. The molecule has 1 heterocycles. The van der Waals surface area contributed by atoms with E-state index in [-0.39, 0.29) is 11.6 Å². The third-order valence-electron chi connectivity index (χ3n) is 6.56. The molecule has 0 bridgehead atoms. The summed E-state index contributed by atoms with van der Waals surface area (Å²) in [4.78, 5) is 38.7. The molecule has 0 unspecified atom stereocenters. The Kier molecular flexibility index (Phi) is 10.1. The monoisotopic (exact) mass is 569 g/mol. The number of nitrogens with zero attached hydrogens (tertiary/aromatic N) is 3. The SMILES string of the molecule is CC(=O)O[C@@H]1O[C@H]([C@@H](CO[Si](c2ccccc2)(c2ccccc2)C(C)(C)C)N=[N+]=[N-])[C@@H](OC(C)=O)[C@H]1OC(C)=O. The third kappa shape index (κ3) is 6.89. The molecule has 2 aromatic rings. The van der Waals surface area contributed by atoms with Gasteiger partial charge < -0.3 is 23.4 Å². The number of hydrogen-bond acceptors (Lipinski definition) is 9. The molecule has 1 aliphatic heterocycles. The summed E-state index contributed by atoms with van der Waals surface area (Å²) in [5.41, 5.74) is 9.49. The molecule has 0 saturated carbocycles. The summed E-state index contributed by atoms with van der Waals surface area (Å²) >= 11 is 0. The van der Waals surface area contributed by atoms with Crippen LogP contribution in [0.4, 0.5) is 0 Å². The van der Waals surface area contributed by atoms with Crippen LogP contribution in [-0.4, -0.2) is 63.5 Å². The van der Waals surface area contributed by atoms with Gasteiger partial charge in [-0.05, 0) is 20.9 Å². The average molecular weight is 570 g/mol. The molecule has 12 heteroatoms. The van der Waals surface area contributed by atoms with Crippen molar-refractivity contribution < 1.29 is 37.8 Å². The quantitative estimate of drug-likeness (QED) is 0.106. The maximum absolute atomic E-state index is 12.1. The summed E-state index contributed by atoms with van der Waals surface area (Å²) in [5, 5.41) is 5.59. The molecule has 0 amide bonds. The van der Waals surface area contributed by atoms with Gasteiger partial charge in [0.1, 0.15) is 6.10 Å². The van der Waals surface area contributed by atoms with Gasteiger partial charge in [-0.3, -0.25) is 14.4 Å². The van der Waals surface area contributed by atoms with Crippen molar-refractivity contribution in [2.24, 2.45) is 5.11 Å². The largest absolute Gasteiger partial charge is 0.456 e. The first kappa shape index (κ1) is 30.8. The Labute approximate surface area is 234 Å².